The van der Waals surface area contributed by atoms with E-state index in [1.807, 2.05) is 0 Å². The summed E-state index contributed by atoms with van der Waals surface area (Å²) in [5.74, 6) is 0.303. The number of hydrogen-bond donors (Lipinski definition) is 0. The third-order valence-corrected chi connectivity index (χ3v) is 5.58. The van der Waals surface area contributed by atoms with E-state index >= 15 is 0 Å². The summed E-state index contributed by atoms with van der Waals surface area (Å²) in [6.07, 6.45) is 2.97. The Hall–Kier alpha value is -2.26. The maximum atomic E-state index is 12.3. The zero-order valence-corrected chi connectivity index (χ0v) is 15.0. The van der Waals surface area contributed by atoms with Crippen LogP contribution in [0.5, 0.6) is 0 Å². The molecule has 2 aliphatic rings. The number of carbonyl (C=O) groups is 2. The van der Waals surface area contributed by atoms with Crippen molar-refractivity contribution in [1.29, 1.82) is 0 Å². The molecule has 1 fully saturated rings. The van der Waals surface area contributed by atoms with Gasteiger partial charge in [0.15, 0.2) is 0 Å². The van der Waals surface area contributed by atoms with E-state index in [-0.39, 0.29) is 17.9 Å². The quantitative estimate of drug-likeness (QED) is 0.414. The van der Waals surface area contributed by atoms with Gasteiger partial charge in [0.2, 0.25) is 5.16 Å². The molecule has 2 amide bonds. The molecule has 1 aromatic heterocycles. The van der Waals surface area contributed by atoms with Gasteiger partial charge in [-0.3, -0.25) is 14.5 Å². The Balaban J connectivity index is 1.28. The van der Waals surface area contributed by atoms with Crippen LogP contribution in [0.3, 0.4) is 0 Å². The number of nitrogens with zero attached hydrogens (tertiary/aromatic N) is 5. The lowest BCUT2D eigenvalue weighted by atomic mass is 10.1. The predicted octanol–water partition coefficient (Wildman–Crippen LogP) is 1.63. The highest BCUT2D eigenvalue weighted by Crippen LogP contribution is 2.23. The largest absolute Gasteiger partial charge is 0.376 e. The summed E-state index contributed by atoms with van der Waals surface area (Å²) in [6, 6.07) is 6.95. The second-order valence-corrected chi connectivity index (χ2v) is 7.35. The van der Waals surface area contributed by atoms with Crippen LogP contribution in [0.2, 0.25) is 0 Å². The summed E-state index contributed by atoms with van der Waals surface area (Å²) in [5.41, 5.74) is 0.983. The minimum absolute atomic E-state index is 0.177. The van der Waals surface area contributed by atoms with Crippen LogP contribution in [0.4, 0.5) is 0 Å². The maximum Gasteiger partial charge on any atom is 0.261 e. The number of thioether (sulfide) groups is 1. The lowest BCUT2D eigenvalue weighted by molar-refractivity contribution is 0.0654. The second-order valence-electron chi connectivity index (χ2n) is 6.29. The number of tetrazole rings is 1. The van der Waals surface area contributed by atoms with Crippen LogP contribution in [-0.4, -0.2) is 61.9 Å². The number of ether oxygens (including phenoxy) is 1. The van der Waals surface area contributed by atoms with Gasteiger partial charge in [-0.15, -0.1) is 5.10 Å². The fraction of sp³-hybridized carbons (Fsp3) is 0.471. The first-order valence-electron chi connectivity index (χ1n) is 8.70. The SMILES string of the molecule is O=C1c2ccccc2C(=O)N1CCCSc1nnnn1CC1CCCO1. The summed E-state index contributed by atoms with van der Waals surface area (Å²) in [6.45, 7) is 1.86. The third-order valence-electron chi connectivity index (χ3n) is 4.54. The smallest absolute Gasteiger partial charge is 0.261 e. The zero-order valence-electron chi connectivity index (χ0n) is 14.2. The minimum Gasteiger partial charge on any atom is -0.376 e. The van der Waals surface area contributed by atoms with E-state index < -0.39 is 0 Å². The molecule has 8 nitrogen and oxygen atoms in total. The van der Waals surface area contributed by atoms with Crippen LogP contribution in [0.1, 0.15) is 40.0 Å². The molecule has 0 spiro atoms. The zero-order chi connectivity index (χ0) is 17.9. The average molecular weight is 373 g/mol. The molecule has 136 valence electrons. The number of benzene rings is 1. The van der Waals surface area contributed by atoms with Crippen molar-refractivity contribution in [3.8, 4) is 0 Å². The van der Waals surface area contributed by atoms with Gasteiger partial charge in [-0.25, -0.2) is 4.68 Å². The summed E-state index contributed by atoms with van der Waals surface area (Å²) in [5, 5.41) is 12.6. The van der Waals surface area contributed by atoms with Crippen LogP contribution in [0.25, 0.3) is 0 Å². The number of fused-ring (bicyclic) bond motifs is 1. The summed E-state index contributed by atoms with van der Waals surface area (Å²) < 4.78 is 7.39. The number of carbonyl (C=O) groups excluding carboxylic acids is 2. The Morgan fingerprint density at radius 3 is 2.65 bits per heavy atom. The number of amides is 2. The van der Waals surface area contributed by atoms with E-state index in [0.717, 1.165) is 30.4 Å². The fourth-order valence-electron chi connectivity index (χ4n) is 3.22. The van der Waals surface area contributed by atoms with E-state index in [4.69, 9.17) is 4.74 Å². The van der Waals surface area contributed by atoms with Crippen molar-refractivity contribution in [2.45, 2.75) is 37.1 Å². The Kier molecular flexibility index (Phi) is 4.98. The van der Waals surface area contributed by atoms with E-state index in [9.17, 15) is 9.59 Å². The highest BCUT2D eigenvalue weighted by Gasteiger charge is 2.34. The van der Waals surface area contributed by atoms with Gasteiger partial charge in [0.1, 0.15) is 0 Å². The molecule has 1 saturated heterocycles. The number of imide groups is 1. The lowest BCUT2D eigenvalue weighted by Gasteiger charge is -2.13. The van der Waals surface area contributed by atoms with Gasteiger partial charge in [0, 0.05) is 18.9 Å². The molecule has 1 unspecified atom stereocenters. The first kappa shape index (κ1) is 17.2. The van der Waals surface area contributed by atoms with Crippen LogP contribution in [0.15, 0.2) is 29.4 Å². The van der Waals surface area contributed by atoms with Crippen molar-refractivity contribution in [1.82, 2.24) is 25.1 Å². The maximum absolute atomic E-state index is 12.3. The van der Waals surface area contributed by atoms with Gasteiger partial charge in [0.05, 0.1) is 23.8 Å². The van der Waals surface area contributed by atoms with Crippen LogP contribution < -0.4 is 0 Å². The third kappa shape index (κ3) is 3.36. The highest BCUT2D eigenvalue weighted by molar-refractivity contribution is 7.99. The molecule has 26 heavy (non-hydrogen) atoms. The molecule has 2 aliphatic heterocycles. The molecule has 2 aromatic rings. The molecule has 0 N–H and O–H groups in total. The van der Waals surface area contributed by atoms with E-state index in [1.165, 1.54) is 16.7 Å². The minimum atomic E-state index is -0.209. The van der Waals surface area contributed by atoms with E-state index in [0.29, 0.717) is 30.6 Å². The molecular formula is C17H19N5O3S. The van der Waals surface area contributed by atoms with Gasteiger partial charge < -0.3 is 4.74 Å². The molecule has 0 radical (unpaired) electrons. The molecule has 1 atom stereocenters. The van der Waals surface area contributed by atoms with Gasteiger partial charge >= 0.3 is 0 Å². The van der Waals surface area contributed by atoms with Crippen LogP contribution >= 0.6 is 11.8 Å². The first-order chi connectivity index (χ1) is 12.7. The molecular weight excluding hydrogens is 354 g/mol. The molecule has 1 aromatic carbocycles. The molecule has 0 bridgehead atoms. The molecule has 0 saturated carbocycles. The van der Waals surface area contributed by atoms with E-state index in [2.05, 4.69) is 15.5 Å². The van der Waals surface area contributed by atoms with Crippen molar-refractivity contribution in [3.05, 3.63) is 35.4 Å². The molecule has 0 aliphatic carbocycles. The van der Waals surface area contributed by atoms with Crippen molar-refractivity contribution < 1.29 is 14.3 Å². The van der Waals surface area contributed by atoms with Gasteiger partial charge in [-0.2, -0.15) is 0 Å². The fourth-order valence-corrected chi connectivity index (χ4v) is 4.03. The molecule has 3 heterocycles. The number of aromatic nitrogens is 4. The molecule has 9 heteroatoms. The van der Waals surface area contributed by atoms with Crippen molar-refractivity contribution in [3.63, 3.8) is 0 Å². The Bertz CT molecular complexity index is 783. The lowest BCUT2D eigenvalue weighted by Crippen LogP contribution is -2.31. The topological polar surface area (TPSA) is 90.2 Å². The monoisotopic (exact) mass is 373 g/mol. The summed E-state index contributed by atoms with van der Waals surface area (Å²) in [4.78, 5) is 26.0. The van der Waals surface area contributed by atoms with Crippen molar-refractivity contribution in [2.24, 2.45) is 0 Å². The van der Waals surface area contributed by atoms with Crippen LogP contribution in [0, 0.1) is 0 Å². The van der Waals surface area contributed by atoms with Gasteiger partial charge in [-0.1, -0.05) is 23.9 Å². The summed E-state index contributed by atoms with van der Waals surface area (Å²) >= 11 is 1.53. The van der Waals surface area contributed by atoms with Crippen molar-refractivity contribution >= 4 is 23.6 Å². The average Bonchev–Trinajstić information content (AvgIpc) is 3.37. The van der Waals surface area contributed by atoms with Gasteiger partial charge in [0.25, 0.3) is 11.8 Å². The Labute approximate surface area is 154 Å². The van der Waals surface area contributed by atoms with Crippen LogP contribution in [-0.2, 0) is 11.3 Å². The van der Waals surface area contributed by atoms with E-state index in [1.54, 1.807) is 28.9 Å². The highest BCUT2D eigenvalue weighted by atomic mass is 32.2. The number of hydrogen-bond acceptors (Lipinski definition) is 7. The summed E-state index contributed by atoms with van der Waals surface area (Å²) in [7, 11) is 0. The first-order valence-corrected chi connectivity index (χ1v) is 9.68. The molecule has 4 rings (SSSR count). The number of rotatable bonds is 7. The normalized spacial score (nSPS) is 19.4. The van der Waals surface area contributed by atoms with Crippen molar-refractivity contribution in [2.75, 3.05) is 18.9 Å². The Morgan fingerprint density at radius 2 is 1.96 bits per heavy atom. The standard InChI is InChI=1S/C17H19N5O3S/c23-15-13-6-1-2-7-14(13)16(24)21(15)8-4-10-26-17-18-19-20-22(17)11-12-5-3-9-25-12/h1-2,6-7,12H,3-5,8-11H2. The Morgan fingerprint density at radius 1 is 1.19 bits per heavy atom. The predicted molar refractivity (Wildman–Crippen MR) is 93.9 cm³/mol. The second kappa shape index (κ2) is 7.55. The van der Waals surface area contributed by atoms with Gasteiger partial charge in [-0.05, 0) is 41.8 Å².